The van der Waals surface area contributed by atoms with Crippen LogP contribution in [0.25, 0.3) is 33.5 Å². The molecule has 7 rings (SSSR count). The van der Waals surface area contributed by atoms with Gasteiger partial charge in [-0.3, -0.25) is 4.79 Å². The molecule has 0 radical (unpaired) electrons. The van der Waals surface area contributed by atoms with Gasteiger partial charge in [-0.05, 0) is 49.7 Å². The number of anilines is 1. The number of aliphatic carboxylic acids is 1. The van der Waals surface area contributed by atoms with Crippen molar-refractivity contribution in [2.75, 3.05) is 5.32 Å². The maximum atomic E-state index is 12.1. The largest absolute Gasteiger partial charge is 0.481 e. The molecule has 1 aromatic carbocycles. The number of carboxylic acid groups (broad SMARTS) is 1. The maximum absolute atomic E-state index is 12.1. The highest BCUT2D eigenvalue weighted by atomic mass is 35.5. The Morgan fingerprint density at radius 3 is 2.69 bits per heavy atom. The molecule has 0 amide bonds. The summed E-state index contributed by atoms with van der Waals surface area (Å²) in [6.45, 7) is 0. The Morgan fingerprint density at radius 1 is 1.09 bits per heavy atom. The highest BCUT2D eigenvalue weighted by Gasteiger charge is 2.47. The average molecular weight is 449 g/mol. The number of carboxylic acids is 1. The number of hydrogen-bond donors (Lipinski definition) is 3. The van der Waals surface area contributed by atoms with Crippen molar-refractivity contribution in [3.8, 4) is 11.4 Å². The summed E-state index contributed by atoms with van der Waals surface area (Å²) >= 11 is 6.08. The quantitative estimate of drug-likeness (QED) is 0.420. The van der Waals surface area contributed by atoms with Crippen molar-refractivity contribution >= 4 is 45.5 Å². The summed E-state index contributed by atoms with van der Waals surface area (Å²) in [5, 5.41) is 14.7. The molecular formula is C23H21ClN6O2. The monoisotopic (exact) mass is 448 g/mol. The summed E-state index contributed by atoms with van der Waals surface area (Å²) in [7, 11) is 0. The number of H-pyrrole nitrogens is 1. The number of benzene rings is 1. The highest BCUT2D eigenvalue weighted by molar-refractivity contribution is 6.29. The third-order valence-electron chi connectivity index (χ3n) is 7.00. The van der Waals surface area contributed by atoms with Crippen LogP contribution in [-0.4, -0.2) is 42.0 Å². The molecule has 0 saturated heterocycles. The zero-order chi connectivity index (χ0) is 21.8. The fourth-order valence-corrected chi connectivity index (χ4v) is 5.65. The van der Waals surface area contributed by atoms with Crippen molar-refractivity contribution in [1.29, 1.82) is 0 Å². The maximum Gasteiger partial charge on any atom is 0.308 e. The van der Waals surface area contributed by atoms with E-state index in [-0.39, 0.29) is 12.0 Å². The third-order valence-corrected chi connectivity index (χ3v) is 7.19. The van der Waals surface area contributed by atoms with E-state index in [0.717, 1.165) is 36.6 Å². The summed E-state index contributed by atoms with van der Waals surface area (Å²) in [5.74, 6) is 0.555. The molecule has 3 N–H and O–H groups in total. The van der Waals surface area contributed by atoms with E-state index >= 15 is 0 Å². The Hall–Kier alpha value is -3.26. The van der Waals surface area contributed by atoms with E-state index < -0.39 is 11.9 Å². The normalized spacial score (nSPS) is 24.8. The van der Waals surface area contributed by atoms with Gasteiger partial charge in [0.05, 0.1) is 23.2 Å². The number of hydrogen-bond acceptors (Lipinski definition) is 6. The second kappa shape index (κ2) is 7.41. The molecule has 3 heterocycles. The van der Waals surface area contributed by atoms with E-state index in [2.05, 4.69) is 20.3 Å². The SMILES string of the molecule is O=C(O)C1C2CCC(CC2)C1Nc1nc(-c2c[nH]c3ncc(Cl)nc23)nc2ccccc12. The smallest absolute Gasteiger partial charge is 0.308 e. The number of fused-ring (bicyclic) bond motifs is 5. The molecule has 2 atom stereocenters. The number of nitrogens with one attached hydrogen (secondary N) is 2. The topological polar surface area (TPSA) is 117 Å². The average Bonchev–Trinajstić information content (AvgIpc) is 3.22. The molecule has 3 aromatic heterocycles. The molecule has 32 heavy (non-hydrogen) atoms. The van der Waals surface area contributed by atoms with Gasteiger partial charge in [-0.1, -0.05) is 23.7 Å². The highest BCUT2D eigenvalue weighted by Crippen LogP contribution is 2.46. The fourth-order valence-electron chi connectivity index (χ4n) is 5.52. The lowest BCUT2D eigenvalue weighted by molar-refractivity contribution is -0.148. The number of carbonyl (C=O) groups is 1. The Labute approximate surface area is 188 Å². The molecule has 0 spiro atoms. The van der Waals surface area contributed by atoms with Crippen LogP contribution in [0, 0.1) is 17.8 Å². The zero-order valence-corrected chi connectivity index (χ0v) is 17.9. The van der Waals surface area contributed by atoms with Gasteiger partial charge in [0, 0.05) is 17.6 Å². The molecular weight excluding hydrogens is 428 g/mol. The van der Waals surface area contributed by atoms with Gasteiger partial charge in [0.2, 0.25) is 0 Å². The minimum Gasteiger partial charge on any atom is -0.481 e. The lowest BCUT2D eigenvalue weighted by atomic mass is 9.61. The van der Waals surface area contributed by atoms with E-state index in [9.17, 15) is 9.90 Å². The van der Waals surface area contributed by atoms with Crippen molar-refractivity contribution in [3.05, 3.63) is 41.8 Å². The molecule has 3 fully saturated rings. The minimum absolute atomic E-state index is 0.150. The number of rotatable bonds is 4. The lowest BCUT2D eigenvalue weighted by Gasteiger charge is -2.47. The molecule has 2 bridgehead atoms. The van der Waals surface area contributed by atoms with Crippen molar-refractivity contribution in [3.63, 3.8) is 0 Å². The first-order valence-electron chi connectivity index (χ1n) is 10.8. The molecule has 8 nitrogen and oxygen atoms in total. The molecule has 0 aliphatic heterocycles. The summed E-state index contributed by atoms with van der Waals surface area (Å²) in [6, 6.07) is 7.61. The van der Waals surface area contributed by atoms with Gasteiger partial charge < -0.3 is 15.4 Å². The Balaban J connectivity index is 1.48. The Bertz CT molecular complexity index is 1350. The van der Waals surface area contributed by atoms with E-state index in [4.69, 9.17) is 21.6 Å². The van der Waals surface area contributed by atoms with Crippen molar-refractivity contribution < 1.29 is 9.90 Å². The van der Waals surface area contributed by atoms with Gasteiger partial charge in [0.25, 0.3) is 0 Å². The van der Waals surface area contributed by atoms with Crippen LogP contribution in [0.4, 0.5) is 5.82 Å². The van der Waals surface area contributed by atoms with Crippen LogP contribution < -0.4 is 5.32 Å². The van der Waals surface area contributed by atoms with Crippen LogP contribution in [0.5, 0.6) is 0 Å². The molecule has 3 aliphatic carbocycles. The van der Waals surface area contributed by atoms with Crippen LogP contribution in [0.1, 0.15) is 25.7 Å². The van der Waals surface area contributed by atoms with Crippen LogP contribution in [0.3, 0.4) is 0 Å². The number of para-hydroxylation sites is 1. The van der Waals surface area contributed by atoms with Crippen LogP contribution in [0.15, 0.2) is 36.7 Å². The number of halogens is 1. The van der Waals surface area contributed by atoms with Crippen molar-refractivity contribution in [2.24, 2.45) is 17.8 Å². The van der Waals surface area contributed by atoms with Gasteiger partial charge in [0.15, 0.2) is 11.5 Å². The van der Waals surface area contributed by atoms with Gasteiger partial charge >= 0.3 is 5.97 Å². The summed E-state index contributed by atoms with van der Waals surface area (Å²) < 4.78 is 0. The molecule has 2 unspecified atom stereocenters. The second-order valence-electron chi connectivity index (χ2n) is 8.71. The molecule has 162 valence electrons. The predicted octanol–water partition coefficient (Wildman–Crippen LogP) is 4.52. The Morgan fingerprint density at radius 2 is 1.88 bits per heavy atom. The Kier molecular flexibility index (Phi) is 4.50. The van der Waals surface area contributed by atoms with Gasteiger partial charge in [-0.15, -0.1) is 0 Å². The van der Waals surface area contributed by atoms with Crippen LogP contribution in [0.2, 0.25) is 5.15 Å². The summed E-state index contributed by atoms with van der Waals surface area (Å²) in [4.78, 5) is 33.5. The van der Waals surface area contributed by atoms with Crippen molar-refractivity contribution in [1.82, 2.24) is 24.9 Å². The van der Waals surface area contributed by atoms with E-state index in [1.807, 2.05) is 24.3 Å². The van der Waals surface area contributed by atoms with Gasteiger partial charge in [-0.2, -0.15) is 0 Å². The molecule has 4 aromatic rings. The van der Waals surface area contributed by atoms with E-state index in [1.165, 1.54) is 6.20 Å². The number of aromatic amines is 1. The van der Waals surface area contributed by atoms with E-state index in [0.29, 0.717) is 39.4 Å². The van der Waals surface area contributed by atoms with Gasteiger partial charge in [0.1, 0.15) is 16.5 Å². The predicted molar refractivity (Wildman–Crippen MR) is 121 cm³/mol. The molecule has 3 aliphatic rings. The summed E-state index contributed by atoms with van der Waals surface area (Å²) in [6.07, 6.45) is 7.35. The fraction of sp³-hybridized carbons (Fsp3) is 0.348. The van der Waals surface area contributed by atoms with Crippen LogP contribution >= 0.6 is 11.6 Å². The molecule has 3 saturated carbocycles. The third kappa shape index (κ3) is 3.09. The standard InChI is InChI=1S/C23H21ClN6O2/c24-16-10-26-22-19(28-16)14(9-25-22)21-27-15-4-2-1-3-13(15)20(30-21)29-18-12-7-5-11(6-8-12)17(18)23(31)32/h1-4,9-12,17-18H,5-8H2,(H,25,26)(H,31,32)(H,27,29,30). The first-order chi connectivity index (χ1) is 15.6. The first-order valence-corrected chi connectivity index (χ1v) is 11.2. The van der Waals surface area contributed by atoms with Crippen LogP contribution in [-0.2, 0) is 4.79 Å². The summed E-state index contributed by atoms with van der Waals surface area (Å²) in [5.41, 5.74) is 2.67. The zero-order valence-electron chi connectivity index (χ0n) is 17.1. The number of aromatic nitrogens is 5. The minimum atomic E-state index is -0.725. The van der Waals surface area contributed by atoms with Crippen molar-refractivity contribution in [2.45, 2.75) is 31.7 Å². The lowest BCUT2D eigenvalue weighted by Crippen LogP contribution is -2.51. The van der Waals surface area contributed by atoms with Gasteiger partial charge in [-0.25, -0.2) is 19.9 Å². The first kappa shape index (κ1) is 19.4. The second-order valence-corrected chi connectivity index (χ2v) is 9.10. The van der Waals surface area contributed by atoms with E-state index in [1.54, 1.807) is 6.20 Å². The molecule has 9 heteroatoms. The number of nitrogens with zero attached hydrogens (tertiary/aromatic N) is 4.